The molecule has 1 heterocycles. The number of likely N-dealkylation sites (N-methyl/N-ethyl adjacent to an activating group) is 1. The number of para-hydroxylation sites is 1. The predicted molar refractivity (Wildman–Crippen MR) is 97.8 cm³/mol. The molecule has 1 N–H and O–H groups in total. The number of rotatable bonds is 4. The van der Waals surface area contributed by atoms with E-state index in [1.54, 1.807) is 11.9 Å². The number of carbonyl (C=O) groups is 2. The Balaban J connectivity index is 0.00000208. The molecule has 1 saturated heterocycles. The molecule has 0 spiro atoms. The van der Waals surface area contributed by atoms with Crippen LogP contribution in [0, 0.1) is 5.92 Å². The minimum absolute atomic E-state index is 0. The third-order valence-corrected chi connectivity index (χ3v) is 4.87. The Hall–Kier alpha value is -1.59. The van der Waals surface area contributed by atoms with E-state index in [9.17, 15) is 9.59 Å². The van der Waals surface area contributed by atoms with Gasteiger partial charge in [-0.1, -0.05) is 12.1 Å². The fourth-order valence-corrected chi connectivity index (χ4v) is 3.24. The number of amides is 2. The van der Waals surface area contributed by atoms with E-state index in [-0.39, 0.29) is 30.1 Å². The first-order valence-electron chi connectivity index (χ1n) is 8.45. The van der Waals surface area contributed by atoms with Crippen molar-refractivity contribution in [3.8, 4) is 0 Å². The molecule has 1 aromatic rings. The molecule has 132 valence electrons. The van der Waals surface area contributed by atoms with Gasteiger partial charge in [-0.25, -0.2) is 0 Å². The van der Waals surface area contributed by atoms with Gasteiger partial charge in [0.1, 0.15) is 0 Å². The molecule has 2 aliphatic rings. The molecule has 1 aliphatic carbocycles. The summed E-state index contributed by atoms with van der Waals surface area (Å²) >= 11 is 0. The second kappa shape index (κ2) is 7.99. The Kier molecular flexibility index (Phi) is 6.24. The molecule has 5 nitrogen and oxygen atoms in total. The van der Waals surface area contributed by atoms with E-state index < -0.39 is 0 Å². The number of likely N-dealkylation sites (tertiary alicyclic amines) is 1. The highest BCUT2D eigenvalue weighted by atomic mass is 35.5. The molecule has 3 rings (SSSR count). The molecule has 1 aliphatic heterocycles. The highest BCUT2D eigenvalue weighted by molar-refractivity contribution is 6.05. The van der Waals surface area contributed by atoms with Crippen LogP contribution in [0.4, 0.5) is 5.69 Å². The average molecular weight is 352 g/mol. The first-order chi connectivity index (χ1) is 11.1. The second-order valence-corrected chi connectivity index (χ2v) is 6.57. The number of halogens is 1. The zero-order chi connectivity index (χ0) is 16.4. The normalized spacial score (nSPS) is 20.2. The molecule has 0 radical (unpaired) electrons. The van der Waals surface area contributed by atoms with Crippen LogP contribution >= 0.6 is 12.4 Å². The molecule has 1 atom stereocenters. The molecule has 2 fully saturated rings. The lowest BCUT2D eigenvalue weighted by Gasteiger charge is -2.33. The Labute approximate surface area is 149 Å². The number of piperidine rings is 1. The number of nitrogens with zero attached hydrogens (tertiary/aromatic N) is 2. The van der Waals surface area contributed by atoms with Crippen molar-refractivity contribution >= 4 is 29.9 Å². The summed E-state index contributed by atoms with van der Waals surface area (Å²) in [6, 6.07) is 7.80. The van der Waals surface area contributed by atoms with Gasteiger partial charge in [0.05, 0.1) is 11.3 Å². The molecular formula is C18H26ClN3O2. The van der Waals surface area contributed by atoms with Gasteiger partial charge in [-0.2, -0.15) is 0 Å². The molecule has 24 heavy (non-hydrogen) atoms. The average Bonchev–Trinajstić information content (AvgIpc) is 3.45. The highest BCUT2D eigenvalue weighted by Gasteiger charge is 2.34. The maximum absolute atomic E-state index is 13.0. The van der Waals surface area contributed by atoms with Gasteiger partial charge < -0.3 is 15.1 Å². The van der Waals surface area contributed by atoms with Crippen LogP contribution in [0.5, 0.6) is 0 Å². The van der Waals surface area contributed by atoms with Crippen molar-refractivity contribution < 1.29 is 9.59 Å². The Morgan fingerprint density at radius 1 is 1.21 bits per heavy atom. The Morgan fingerprint density at radius 2 is 1.92 bits per heavy atom. The number of anilines is 1. The summed E-state index contributed by atoms with van der Waals surface area (Å²) in [5.74, 6) is 0.291. The first-order valence-corrected chi connectivity index (χ1v) is 8.45. The number of hydrogen-bond donors (Lipinski definition) is 1. The van der Waals surface area contributed by atoms with Gasteiger partial charge in [0, 0.05) is 32.1 Å². The lowest BCUT2D eigenvalue weighted by atomic mass is 10.0. The van der Waals surface area contributed by atoms with E-state index >= 15 is 0 Å². The standard InChI is InChI=1S/C18H25N3O2.ClH/c1-19-14-6-5-11-21(12-14)18(23)15-7-3-4-8-16(15)20(2)17(22)13-9-10-13;/h3-4,7-8,13-14,19H,5-6,9-12H2,1-2H3;1H. The maximum Gasteiger partial charge on any atom is 0.256 e. The van der Waals surface area contributed by atoms with Crippen LogP contribution in [-0.4, -0.2) is 49.9 Å². The fourth-order valence-electron chi connectivity index (χ4n) is 3.24. The van der Waals surface area contributed by atoms with Gasteiger partial charge in [0.15, 0.2) is 0 Å². The number of hydrogen-bond acceptors (Lipinski definition) is 3. The first kappa shape index (κ1) is 18.7. The molecule has 0 aromatic heterocycles. The number of carbonyl (C=O) groups excluding carboxylic acids is 2. The molecule has 2 amide bonds. The molecular weight excluding hydrogens is 326 g/mol. The lowest BCUT2D eigenvalue weighted by Crippen LogP contribution is -2.47. The van der Waals surface area contributed by atoms with Gasteiger partial charge in [0.2, 0.25) is 5.91 Å². The third-order valence-electron chi connectivity index (χ3n) is 4.87. The van der Waals surface area contributed by atoms with Crippen LogP contribution in [0.15, 0.2) is 24.3 Å². The van der Waals surface area contributed by atoms with Crippen LogP contribution in [0.25, 0.3) is 0 Å². The summed E-state index contributed by atoms with van der Waals surface area (Å²) in [7, 11) is 3.72. The van der Waals surface area contributed by atoms with Gasteiger partial charge in [-0.05, 0) is 44.9 Å². The number of benzene rings is 1. The summed E-state index contributed by atoms with van der Waals surface area (Å²) in [4.78, 5) is 28.9. The SMILES string of the molecule is CNC1CCCN(C(=O)c2ccccc2N(C)C(=O)C2CC2)C1.Cl. The molecule has 0 bridgehead atoms. The topological polar surface area (TPSA) is 52.7 Å². The van der Waals surface area contributed by atoms with Gasteiger partial charge in [-0.15, -0.1) is 12.4 Å². The summed E-state index contributed by atoms with van der Waals surface area (Å²) in [5.41, 5.74) is 1.35. The Bertz CT molecular complexity index is 604. The molecule has 1 saturated carbocycles. The fraction of sp³-hybridized carbons (Fsp3) is 0.556. The summed E-state index contributed by atoms with van der Waals surface area (Å²) < 4.78 is 0. The molecule has 6 heteroatoms. The largest absolute Gasteiger partial charge is 0.337 e. The zero-order valence-corrected chi connectivity index (χ0v) is 15.1. The third kappa shape index (κ3) is 3.90. The van der Waals surface area contributed by atoms with E-state index in [1.165, 1.54) is 0 Å². The van der Waals surface area contributed by atoms with Crippen molar-refractivity contribution in [2.24, 2.45) is 5.92 Å². The van der Waals surface area contributed by atoms with E-state index in [1.807, 2.05) is 36.2 Å². The lowest BCUT2D eigenvalue weighted by molar-refractivity contribution is -0.119. The van der Waals surface area contributed by atoms with Crippen molar-refractivity contribution in [2.75, 3.05) is 32.1 Å². The monoisotopic (exact) mass is 351 g/mol. The van der Waals surface area contributed by atoms with Crippen molar-refractivity contribution in [3.63, 3.8) is 0 Å². The van der Waals surface area contributed by atoms with Crippen molar-refractivity contribution in [1.82, 2.24) is 10.2 Å². The summed E-state index contributed by atoms with van der Waals surface area (Å²) in [5, 5.41) is 3.26. The van der Waals surface area contributed by atoms with E-state index in [4.69, 9.17) is 0 Å². The second-order valence-electron chi connectivity index (χ2n) is 6.57. The minimum Gasteiger partial charge on any atom is -0.337 e. The predicted octanol–water partition coefficient (Wildman–Crippen LogP) is 2.31. The summed E-state index contributed by atoms with van der Waals surface area (Å²) in [6.45, 7) is 1.51. The van der Waals surface area contributed by atoms with Crippen LogP contribution in [0.3, 0.4) is 0 Å². The minimum atomic E-state index is 0. The van der Waals surface area contributed by atoms with Crippen molar-refractivity contribution in [1.29, 1.82) is 0 Å². The van der Waals surface area contributed by atoms with E-state index in [0.717, 1.165) is 44.5 Å². The Morgan fingerprint density at radius 3 is 2.58 bits per heavy atom. The van der Waals surface area contributed by atoms with Crippen LogP contribution in [-0.2, 0) is 4.79 Å². The number of nitrogens with one attached hydrogen (secondary N) is 1. The van der Waals surface area contributed by atoms with Crippen molar-refractivity contribution in [2.45, 2.75) is 31.7 Å². The van der Waals surface area contributed by atoms with Gasteiger partial charge >= 0.3 is 0 Å². The van der Waals surface area contributed by atoms with E-state index in [2.05, 4.69) is 5.32 Å². The molecule has 1 unspecified atom stereocenters. The highest BCUT2D eigenvalue weighted by Crippen LogP contribution is 2.33. The zero-order valence-electron chi connectivity index (χ0n) is 14.3. The van der Waals surface area contributed by atoms with Crippen LogP contribution in [0.2, 0.25) is 0 Å². The van der Waals surface area contributed by atoms with Crippen LogP contribution < -0.4 is 10.2 Å². The molecule has 1 aromatic carbocycles. The van der Waals surface area contributed by atoms with E-state index in [0.29, 0.717) is 11.6 Å². The van der Waals surface area contributed by atoms with Crippen LogP contribution in [0.1, 0.15) is 36.0 Å². The summed E-state index contributed by atoms with van der Waals surface area (Å²) in [6.07, 6.45) is 4.04. The van der Waals surface area contributed by atoms with Gasteiger partial charge in [-0.3, -0.25) is 9.59 Å². The van der Waals surface area contributed by atoms with Crippen molar-refractivity contribution in [3.05, 3.63) is 29.8 Å². The smallest absolute Gasteiger partial charge is 0.256 e. The maximum atomic E-state index is 13.0. The van der Waals surface area contributed by atoms with Gasteiger partial charge in [0.25, 0.3) is 5.91 Å². The quantitative estimate of drug-likeness (QED) is 0.905.